The van der Waals surface area contributed by atoms with Crippen LogP contribution in [0.25, 0.3) is 0 Å². The molecule has 1 heterocycles. The Labute approximate surface area is 146 Å². The van der Waals surface area contributed by atoms with E-state index in [2.05, 4.69) is 0 Å². The standard InChI is InChI=1S/C16H16F2N2O6/c1-19-12(21)10(13(22)20(2)15(19)25)11(16(17,18)14(23)24)8-4-6-9(26-3)7-5-8/h4-7,10-11H,1-3H3,(H,23,24). The topological polar surface area (TPSA) is 104 Å². The number of carbonyl (C=O) groups excluding carboxylic acids is 3. The van der Waals surface area contributed by atoms with Crippen molar-refractivity contribution in [2.75, 3.05) is 21.2 Å². The lowest BCUT2D eigenvalue weighted by atomic mass is 9.78. The minimum absolute atomic E-state index is 0.249. The van der Waals surface area contributed by atoms with Crippen LogP contribution in [0, 0.1) is 5.92 Å². The molecule has 1 aromatic carbocycles. The van der Waals surface area contributed by atoms with Gasteiger partial charge in [0, 0.05) is 14.1 Å². The summed E-state index contributed by atoms with van der Waals surface area (Å²) >= 11 is 0. The van der Waals surface area contributed by atoms with Gasteiger partial charge in [0.25, 0.3) is 0 Å². The monoisotopic (exact) mass is 370 g/mol. The van der Waals surface area contributed by atoms with Gasteiger partial charge in [-0.1, -0.05) is 12.1 Å². The number of hydrogen-bond donors (Lipinski definition) is 1. The number of nitrogens with zero attached hydrogens (tertiary/aromatic N) is 2. The summed E-state index contributed by atoms with van der Waals surface area (Å²) < 4.78 is 33.9. The molecule has 26 heavy (non-hydrogen) atoms. The number of halogens is 2. The van der Waals surface area contributed by atoms with Crippen molar-refractivity contribution >= 4 is 23.8 Å². The average molecular weight is 370 g/mol. The predicted molar refractivity (Wildman–Crippen MR) is 82.7 cm³/mol. The van der Waals surface area contributed by atoms with Crippen LogP contribution in [0.1, 0.15) is 11.5 Å². The third-order valence-electron chi connectivity index (χ3n) is 4.25. The molecular formula is C16H16F2N2O6. The van der Waals surface area contributed by atoms with E-state index in [-0.39, 0.29) is 5.56 Å². The van der Waals surface area contributed by atoms with Gasteiger partial charge >= 0.3 is 17.9 Å². The Morgan fingerprint density at radius 2 is 1.58 bits per heavy atom. The number of alkyl halides is 2. The summed E-state index contributed by atoms with van der Waals surface area (Å²) in [5.41, 5.74) is -0.249. The van der Waals surface area contributed by atoms with E-state index in [1.54, 1.807) is 0 Å². The van der Waals surface area contributed by atoms with Crippen LogP contribution >= 0.6 is 0 Å². The van der Waals surface area contributed by atoms with Crippen molar-refractivity contribution in [3.63, 3.8) is 0 Å². The summed E-state index contributed by atoms with van der Waals surface area (Å²) in [4.78, 5) is 48.8. The molecule has 1 unspecified atom stereocenters. The number of barbiturate groups is 1. The first kappa shape index (κ1) is 19.3. The first-order chi connectivity index (χ1) is 12.0. The minimum atomic E-state index is -4.44. The Morgan fingerprint density at radius 1 is 1.12 bits per heavy atom. The Bertz CT molecular complexity index is 741. The number of hydrogen-bond acceptors (Lipinski definition) is 5. The summed E-state index contributed by atoms with van der Waals surface area (Å²) in [7, 11) is 3.41. The quantitative estimate of drug-likeness (QED) is 0.780. The fourth-order valence-corrected chi connectivity index (χ4v) is 2.78. The van der Waals surface area contributed by atoms with E-state index in [1.807, 2.05) is 0 Å². The lowest BCUT2D eigenvalue weighted by Crippen LogP contribution is -2.60. The SMILES string of the molecule is COc1ccc(C(C2C(=O)N(C)C(=O)N(C)C2=O)C(F)(F)C(=O)O)cc1. The number of ether oxygens (including phenoxy) is 1. The Balaban J connectivity index is 2.63. The number of carbonyl (C=O) groups is 4. The lowest BCUT2D eigenvalue weighted by Gasteiger charge is -2.38. The largest absolute Gasteiger partial charge is 0.497 e. The molecule has 0 radical (unpaired) electrons. The van der Waals surface area contributed by atoms with Gasteiger partial charge in [0.2, 0.25) is 11.8 Å². The van der Waals surface area contributed by atoms with E-state index in [0.717, 1.165) is 26.2 Å². The maximum Gasteiger partial charge on any atom is 0.375 e. The van der Waals surface area contributed by atoms with Crippen LogP contribution in [0.15, 0.2) is 24.3 Å². The zero-order chi connectivity index (χ0) is 19.8. The molecule has 1 N–H and O–H groups in total. The first-order valence-electron chi connectivity index (χ1n) is 7.38. The van der Waals surface area contributed by atoms with E-state index in [1.165, 1.54) is 19.2 Å². The second kappa shape index (κ2) is 6.70. The minimum Gasteiger partial charge on any atom is -0.497 e. The van der Waals surface area contributed by atoms with Crippen LogP contribution in [0.3, 0.4) is 0 Å². The van der Waals surface area contributed by atoms with E-state index >= 15 is 0 Å². The molecule has 0 aliphatic carbocycles. The number of carboxylic acid groups (broad SMARTS) is 1. The molecule has 1 aliphatic rings. The zero-order valence-corrected chi connectivity index (χ0v) is 14.1. The van der Waals surface area contributed by atoms with Gasteiger partial charge in [-0.15, -0.1) is 0 Å². The number of methoxy groups -OCH3 is 1. The zero-order valence-electron chi connectivity index (χ0n) is 14.1. The van der Waals surface area contributed by atoms with Crippen molar-refractivity contribution in [1.82, 2.24) is 9.80 Å². The van der Waals surface area contributed by atoms with Gasteiger partial charge in [0.1, 0.15) is 11.7 Å². The number of carboxylic acids is 1. The number of urea groups is 1. The molecule has 1 saturated heterocycles. The number of benzene rings is 1. The molecule has 1 fully saturated rings. The van der Waals surface area contributed by atoms with Crippen LogP contribution in [0.5, 0.6) is 5.75 Å². The maximum absolute atomic E-state index is 14.5. The molecule has 0 saturated carbocycles. The predicted octanol–water partition coefficient (Wildman–Crippen LogP) is 1.17. The average Bonchev–Trinajstić information content (AvgIpc) is 2.61. The molecule has 8 nitrogen and oxygen atoms in total. The van der Waals surface area contributed by atoms with Crippen molar-refractivity contribution in [3.8, 4) is 5.75 Å². The van der Waals surface area contributed by atoms with Gasteiger partial charge < -0.3 is 9.84 Å². The van der Waals surface area contributed by atoms with Crippen molar-refractivity contribution in [1.29, 1.82) is 0 Å². The first-order valence-corrected chi connectivity index (χ1v) is 7.38. The highest BCUT2D eigenvalue weighted by molar-refractivity contribution is 6.16. The molecule has 2 rings (SSSR count). The summed E-state index contributed by atoms with van der Waals surface area (Å²) in [5.74, 6) is -13.4. The summed E-state index contributed by atoms with van der Waals surface area (Å²) in [5, 5.41) is 8.97. The van der Waals surface area contributed by atoms with Crippen molar-refractivity contribution in [2.45, 2.75) is 11.8 Å². The Hall–Kier alpha value is -3.04. The van der Waals surface area contributed by atoms with Gasteiger partial charge in [0.05, 0.1) is 13.0 Å². The highest BCUT2D eigenvalue weighted by Gasteiger charge is 2.59. The number of rotatable bonds is 5. The second-order valence-electron chi connectivity index (χ2n) is 5.73. The molecule has 4 amide bonds. The molecule has 1 aromatic rings. The Morgan fingerprint density at radius 3 is 1.96 bits per heavy atom. The van der Waals surface area contributed by atoms with Crippen LogP contribution < -0.4 is 4.74 Å². The van der Waals surface area contributed by atoms with Crippen molar-refractivity contribution in [2.24, 2.45) is 5.92 Å². The Kier molecular flexibility index (Phi) is 4.97. The van der Waals surface area contributed by atoms with Gasteiger partial charge in [-0.25, -0.2) is 9.59 Å². The van der Waals surface area contributed by atoms with Crippen molar-refractivity contribution < 1.29 is 37.8 Å². The van der Waals surface area contributed by atoms with E-state index in [4.69, 9.17) is 9.84 Å². The van der Waals surface area contributed by atoms with Crippen molar-refractivity contribution in [3.05, 3.63) is 29.8 Å². The summed E-state index contributed by atoms with van der Waals surface area (Å²) in [6.45, 7) is 0. The molecule has 1 atom stereocenters. The fourth-order valence-electron chi connectivity index (χ4n) is 2.78. The molecule has 1 aliphatic heterocycles. The fraction of sp³-hybridized carbons (Fsp3) is 0.375. The van der Waals surface area contributed by atoms with Gasteiger partial charge in [-0.05, 0) is 17.7 Å². The highest BCUT2D eigenvalue weighted by Crippen LogP contribution is 2.42. The van der Waals surface area contributed by atoms with Crippen LogP contribution in [-0.2, 0) is 14.4 Å². The molecule has 0 aromatic heterocycles. The van der Waals surface area contributed by atoms with Crippen LogP contribution in [-0.4, -0.2) is 65.8 Å². The number of aliphatic carboxylic acids is 1. The van der Waals surface area contributed by atoms with Crippen LogP contribution in [0.4, 0.5) is 13.6 Å². The van der Waals surface area contributed by atoms with Gasteiger partial charge in [-0.3, -0.25) is 19.4 Å². The van der Waals surface area contributed by atoms with Gasteiger partial charge in [0.15, 0.2) is 0 Å². The van der Waals surface area contributed by atoms with Gasteiger partial charge in [-0.2, -0.15) is 8.78 Å². The third-order valence-corrected chi connectivity index (χ3v) is 4.25. The molecule has 0 spiro atoms. The van der Waals surface area contributed by atoms with Crippen LogP contribution in [0.2, 0.25) is 0 Å². The normalized spacial score (nSPS) is 17.5. The number of amides is 4. The molecule has 10 heteroatoms. The third kappa shape index (κ3) is 2.98. The summed E-state index contributed by atoms with van der Waals surface area (Å²) in [6, 6.07) is 3.92. The molecule has 140 valence electrons. The van der Waals surface area contributed by atoms with E-state index < -0.39 is 41.6 Å². The molecular weight excluding hydrogens is 354 g/mol. The van der Waals surface area contributed by atoms with E-state index in [9.17, 15) is 28.0 Å². The maximum atomic E-state index is 14.5. The highest BCUT2D eigenvalue weighted by atomic mass is 19.3. The molecule has 0 bridgehead atoms. The second-order valence-corrected chi connectivity index (χ2v) is 5.73. The van der Waals surface area contributed by atoms with E-state index in [0.29, 0.717) is 15.5 Å². The summed E-state index contributed by atoms with van der Waals surface area (Å²) in [6.07, 6.45) is 0. The lowest BCUT2D eigenvalue weighted by molar-refractivity contribution is -0.174. The smallest absolute Gasteiger partial charge is 0.375 e. The number of imide groups is 2.